The molecule has 3 rings (SSSR count). The molecule has 2 aromatic rings. The minimum Gasteiger partial charge on any atom is -0.284 e. The first-order valence-corrected chi connectivity index (χ1v) is 10.8. The van der Waals surface area contributed by atoms with Gasteiger partial charge < -0.3 is 0 Å². The number of nitrogens with zero attached hydrogens (tertiary/aromatic N) is 6. The Bertz CT molecular complexity index is 718. The molecule has 0 N–H and O–H groups in total. The largest absolute Gasteiger partial charge is 0.284 e. The molecule has 142 valence electrons. The van der Waals surface area contributed by atoms with E-state index in [-0.39, 0.29) is 22.7 Å². The Hall–Kier alpha value is -1.48. The highest BCUT2D eigenvalue weighted by Gasteiger charge is 2.33. The van der Waals surface area contributed by atoms with E-state index in [0.29, 0.717) is 5.16 Å². The average molecular weight is 395 g/mol. The zero-order valence-corrected chi connectivity index (χ0v) is 17.4. The second kappa shape index (κ2) is 8.04. The van der Waals surface area contributed by atoms with Gasteiger partial charge in [-0.1, -0.05) is 31.0 Å². The number of rotatable bonds is 5. The van der Waals surface area contributed by atoms with Crippen LogP contribution in [0.15, 0.2) is 16.7 Å². The number of tetrazole rings is 1. The molecule has 1 amide bonds. The zero-order valence-electron chi connectivity index (χ0n) is 15.8. The van der Waals surface area contributed by atoms with E-state index in [9.17, 15) is 4.79 Å². The van der Waals surface area contributed by atoms with Crippen LogP contribution in [0.4, 0.5) is 5.13 Å². The standard InChI is InChI=1S/C17H26N6OS2/c1-12(26-16-19-20-21-23(16)17(2,3)4)14(24)22(15-18-10-11-25-15)13-8-6-5-7-9-13/h10-13H,5-9H2,1-4H3/t12-/m0/s1. The lowest BCUT2D eigenvalue weighted by molar-refractivity contribution is -0.118. The van der Waals surface area contributed by atoms with Gasteiger partial charge in [0.05, 0.1) is 10.8 Å². The molecule has 1 fully saturated rings. The summed E-state index contributed by atoms with van der Waals surface area (Å²) in [5.74, 6) is 0.0836. The lowest BCUT2D eigenvalue weighted by Gasteiger charge is -2.34. The Kier molecular flexibility index (Phi) is 5.96. The highest BCUT2D eigenvalue weighted by atomic mass is 32.2. The van der Waals surface area contributed by atoms with Crippen molar-refractivity contribution in [1.82, 2.24) is 25.2 Å². The van der Waals surface area contributed by atoms with E-state index in [1.807, 2.05) is 38.0 Å². The Labute approximate surface area is 162 Å². The molecular formula is C17H26N6OS2. The molecule has 0 bridgehead atoms. The van der Waals surface area contributed by atoms with Crippen molar-refractivity contribution >= 4 is 34.1 Å². The van der Waals surface area contributed by atoms with Gasteiger partial charge in [0.15, 0.2) is 5.13 Å². The van der Waals surface area contributed by atoms with Crippen molar-refractivity contribution in [3.63, 3.8) is 0 Å². The van der Waals surface area contributed by atoms with Gasteiger partial charge >= 0.3 is 0 Å². The second-order valence-corrected chi connectivity index (χ2v) is 9.80. The Morgan fingerprint density at radius 3 is 2.69 bits per heavy atom. The molecular weight excluding hydrogens is 368 g/mol. The lowest BCUT2D eigenvalue weighted by Crippen LogP contribution is -2.45. The molecule has 0 unspecified atom stereocenters. The first-order chi connectivity index (χ1) is 12.4. The molecule has 1 atom stereocenters. The molecule has 1 aliphatic carbocycles. The van der Waals surface area contributed by atoms with Gasteiger partial charge in [0.2, 0.25) is 11.1 Å². The monoisotopic (exact) mass is 394 g/mol. The maximum absolute atomic E-state index is 13.3. The van der Waals surface area contributed by atoms with Gasteiger partial charge in [-0.15, -0.1) is 16.4 Å². The van der Waals surface area contributed by atoms with Crippen molar-refractivity contribution in [1.29, 1.82) is 0 Å². The third kappa shape index (κ3) is 4.25. The van der Waals surface area contributed by atoms with Crippen LogP contribution in [0.2, 0.25) is 0 Å². The minimum absolute atomic E-state index is 0.0836. The van der Waals surface area contributed by atoms with Gasteiger partial charge in [-0.3, -0.25) is 9.69 Å². The molecule has 0 aromatic carbocycles. The summed E-state index contributed by atoms with van der Waals surface area (Å²) in [4.78, 5) is 19.7. The third-order valence-electron chi connectivity index (χ3n) is 4.51. The Balaban J connectivity index is 1.79. The summed E-state index contributed by atoms with van der Waals surface area (Å²) >= 11 is 2.94. The number of carbonyl (C=O) groups is 1. The fourth-order valence-corrected chi connectivity index (χ4v) is 4.92. The van der Waals surface area contributed by atoms with Crippen LogP contribution in [0.3, 0.4) is 0 Å². The van der Waals surface area contributed by atoms with Gasteiger partial charge in [-0.25, -0.2) is 9.67 Å². The van der Waals surface area contributed by atoms with E-state index in [1.54, 1.807) is 10.9 Å². The molecule has 0 spiro atoms. The zero-order chi connectivity index (χ0) is 18.7. The van der Waals surface area contributed by atoms with Crippen LogP contribution in [0.1, 0.15) is 59.8 Å². The number of hydrogen-bond acceptors (Lipinski definition) is 7. The van der Waals surface area contributed by atoms with E-state index in [4.69, 9.17) is 0 Å². The topological polar surface area (TPSA) is 76.8 Å². The number of amides is 1. The molecule has 26 heavy (non-hydrogen) atoms. The first-order valence-electron chi connectivity index (χ1n) is 9.06. The maximum atomic E-state index is 13.3. The van der Waals surface area contributed by atoms with E-state index < -0.39 is 0 Å². The predicted molar refractivity (Wildman–Crippen MR) is 105 cm³/mol. The Morgan fingerprint density at radius 1 is 1.35 bits per heavy atom. The molecule has 7 nitrogen and oxygen atoms in total. The smallest absolute Gasteiger partial charge is 0.242 e. The highest BCUT2D eigenvalue weighted by molar-refractivity contribution is 8.00. The van der Waals surface area contributed by atoms with Crippen molar-refractivity contribution < 1.29 is 4.79 Å². The fourth-order valence-electron chi connectivity index (χ4n) is 3.18. The number of thiazole rings is 1. The SMILES string of the molecule is C[C@H](Sc1nnnn1C(C)(C)C)C(=O)N(c1nccs1)C1CCCCC1. The fraction of sp³-hybridized carbons (Fsp3) is 0.706. The lowest BCUT2D eigenvalue weighted by atomic mass is 9.94. The maximum Gasteiger partial charge on any atom is 0.242 e. The van der Waals surface area contributed by atoms with Gasteiger partial charge in [0.25, 0.3) is 0 Å². The molecule has 2 heterocycles. The molecule has 0 aliphatic heterocycles. The van der Waals surface area contributed by atoms with Crippen molar-refractivity contribution in [2.45, 2.75) is 81.8 Å². The summed E-state index contributed by atoms with van der Waals surface area (Å²) in [6.07, 6.45) is 7.44. The average Bonchev–Trinajstić information content (AvgIpc) is 3.27. The van der Waals surface area contributed by atoms with Crippen LogP contribution >= 0.6 is 23.1 Å². The number of anilines is 1. The molecule has 1 saturated carbocycles. The summed E-state index contributed by atoms with van der Waals surface area (Å²) in [5.41, 5.74) is -0.229. The summed E-state index contributed by atoms with van der Waals surface area (Å²) < 4.78 is 1.77. The molecule has 0 saturated heterocycles. The first kappa shape index (κ1) is 19.3. The second-order valence-electron chi connectivity index (χ2n) is 7.62. The number of thioether (sulfide) groups is 1. The van der Waals surface area contributed by atoms with Crippen LogP contribution in [-0.2, 0) is 10.3 Å². The predicted octanol–water partition coefficient (Wildman–Crippen LogP) is 3.73. The van der Waals surface area contributed by atoms with Crippen LogP contribution in [0.25, 0.3) is 0 Å². The van der Waals surface area contributed by atoms with E-state index in [0.717, 1.165) is 18.0 Å². The van der Waals surface area contributed by atoms with Gasteiger partial charge in [-0.2, -0.15) is 0 Å². The van der Waals surface area contributed by atoms with Crippen molar-refractivity contribution in [2.75, 3.05) is 4.90 Å². The van der Waals surface area contributed by atoms with Crippen LogP contribution in [0.5, 0.6) is 0 Å². The highest BCUT2D eigenvalue weighted by Crippen LogP contribution is 2.32. The van der Waals surface area contributed by atoms with E-state index >= 15 is 0 Å². The summed E-state index contributed by atoms with van der Waals surface area (Å²) in [6.45, 7) is 8.07. The van der Waals surface area contributed by atoms with Gasteiger partial charge in [0.1, 0.15) is 0 Å². The van der Waals surface area contributed by atoms with E-state index in [1.165, 1.54) is 42.4 Å². The van der Waals surface area contributed by atoms with Gasteiger partial charge in [-0.05, 0) is 51.0 Å². The minimum atomic E-state index is -0.284. The Morgan fingerprint density at radius 2 is 2.08 bits per heavy atom. The summed E-state index contributed by atoms with van der Waals surface area (Å²) in [7, 11) is 0. The molecule has 9 heteroatoms. The molecule has 1 aliphatic rings. The summed E-state index contributed by atoms with van der Waals surface area (Å²) in [6, 6.07) is 0.240. The van der Waals surface area contributed by atoms with Crippen molar-refractivity contribution in [2.24, 2.45) is 0 Å². The van der Waals surface area contributed by atoms with Crippen molar-refractivity contribution in [3.8, 4) is 0 Å². The van der Waals surface area contributed by atoms with Crippen molar-refractivity contribution in [3.05, 3.63) is 11.6 Å². The van der Waals surface area contributed by atoms with Gasteiger partial charge in [0, 0.05) is 17.6 Å². The molecule has 2 aromatic heterocycles. The number of hydrogen-bond donors (Lipinski definition) is 0. The normalized spacial score (nSPS) is 17.2. The van der Waals surface area contributed by atoms with Crippen LogP contribution in [0, 0.1) is 0 Å². The quantitative estimate of drug-likeness (QED) is 0.719. The number of carbonyl (C=O) groups excluding carboxylic acids is 1. The van der Waals surface area contributed by atoms with Crippen LogP contribution < -0.4 is 4.90 Å². The third-order valence-corrected chi connectivity index (χ3v) is 6.30. The summed E-state index contributed by atoms with van der Waals surface area (Å²) in [5, 5.41) is 15.1. The molecule has 0 radical (unpaired) electrons. The van der Waals surface area contributed by atoms with Crippen LogP contribution in [-0.4, -0.2) is 42.4 Å². The van der Waals surface area contributed by atoms with E-state index in [2.05, 4.69) is 20.5 Å². The number of aromatic nitrogens is 5.